The number of carbonyl (C=O) groups is 1. The molecule has 1 amide bonds. The van der Waals surface area contributed by atoms with E-state index in [1.807, 2.05) is 0 Å². The Morgan fingerprint density at radius 3 is 2.71 bits per heavy atom. The minimum absolute atomic E-state index is 0.000184. The summed E-state index contributed by atoms with van der Waals surface area (Å²) in [5.74, 6) is -1.35. The summed E-state index contributed by atoms with van der Waals surface area (Å²) in [5, 5.41) is 2.81. The summed E-state index contributed by atoms with van der Waals surface area (Å²) in [6.45, 7) is 1.69. The number of halogens is 3. The fourth-order valence-corrected chi connectivity index (χ4v) is 3.35. The Morgan fingerprint density at radius 2 is 2.08 bits per heavy atom. The molecule has 1 aliphatic rings. The summed E-state index contributed by atoms with van der Waals surface area (Å²) in [5.41, 5.74) is -0.284. The number of amides is 1. The molecular weight excluding hydrogens is 334 g/mol. The predicted molar refractivity (Wildman–Crippen MR) is 87.7 cm³/mol. The molecular formula is C18H17ClF2N2O. The van der Waals surface area contributed by atoms with Crippen LogP contribution in [0.5, 0.6) is 0 Å². The summed E-state index contributed by atoms with van der Waals surface area (Å²) >= 11 is 5.86. The van der Waals surface area contributed by atoms with Crippen molar-refractivity contribution in [3.63, 3.8) is 0 Å². The Hall–Kier alpha value is -2.01. The van der Waals surface area contributed by atoms with Crippen molar-refractivity contribution < 1.29 is 13.6 Å². The fourth-order valence-electron chi connectivity index (χ4n) is 3.17. The highest BCUT2D eigenvalue weighted by Crippen LogP contribution is 2.46. The van der Waals surface area contributed by atoms with Gasteiger partial charge in [-0.2, -0.15) is 0 Å². The molecule has 1 N–H and O–H groups in total. The molecule has 0 radical (unpaired) electrons. The molecule has 24 heavy (non-hydrogen) atoms. The Balaban J connectivity index is 1.87. The molecule has 6 heteroatoms. The average molecular weight is 351 g/mol. The zero-order valence-electron chi connectivity index (χ0n) is 13.2. The maximum absolute atomic E-state index is 14.4. The molecule has 0 bridgehead atoms. The highest BCUT2D eigenvalue weighted by molar-refractivity contribution is 6.30. The van der Waals surface area contributed by atoms with Crippen molar-refractivity contribution in [3.8, 4) is 0 Å². The molecule has 0 saturated heterocycles. The first-order valence-corrected chi connectivity index (χ1v) is 8.18. The third-order valence-corrected chi connectivity index (χ3v) is 5.02. The van der Waals surface area contributed by atoms with E-state index in [9.17, 15) is 13.6 Å². The minimum atomic E-state index is -0.938. The maximum atomic E-state index is 14.4. The van der Waals surface area contributed by atoms with Gasteiger partial charge in [0.2, 0.25) is 5.91 Å². The molecule has 126 valence electrons. The van der Waals surface area contributed by atoms with E-state index in [1.165, 1.54) is 18.3 Å². The highest BCUT2D eigenvalue weighted by Gasteiger charge is 2.47. The number of hydrogen-bond acceptors (Lipinski definition) is 2. The summed E-state index contributed by atoms with van der Waals surface area (Å²) in [7, 11) is 0. The fraction of sp³-hybridized carbons (Fsp3) is 0.333. The van der Waals surface area contributed by atoms with E-state index in [1.54, 1.807) is 19.1 Å². The van der Waals surface area contributed by atoms with Gasteiger partial charge in [-0.05, 0) is 31.9 Å². The Bertz CT molecular complexity index is 777. The molecule has 1 heterocycles. The number of aromatic nitrogens is 1. The van der Waals surface area contributed by atoms with Gasteiger partial charge in [0, 0.05) is 17.3 Å². The smallest absolute Gasteiger partial charge is 0.231 e. The van der Waals surface area contributed by atoms with Crippen LogP contribution >= 0.6 is 11.6 Å². The van der Waals surface area contributed by atoms with E-state index in [2.05, 4.69) is 10.3 Å². The van der Waals surface area contributed by atoms with Gasteiger partial charge < -0.3 is 5.32 Å². The minimum Gasteiger partial charge on any atom is -0.349 e. The Kier molecular flexibility index (Phi) is 4.54. The van der Waals surface area contributed by atoms with Crippen LogP contribution in [0, 0.1) is 11.6 Å². The quantitative estimate of drug-likeness (QED) is 0.892. The third-order valence-electron chi connectivity index (χ3n) is 4.73. The second kappa shape index (κ2) is 6.48. The Morgan fingerprint density at radius 1 is 1.33 bits per heavy atom. The standard InChI is InChI=1S/C18H17ClF2N2O/c1-11(12-6-9-22-10-15(12)20)23-17(24)18(7-3-8-18)13-4-2-5-14(19)16(13)21/h2,4-6,9-11H,3,7-8H2,1H3,(H,23,24). The van der Waals surface area contributed by atoms with Gasteiger partial charge in [0.15, 0.2) is 0 Å². The van der Waals surface area contributed by atoms with Crippen LogP contribution in [0.3, 0.4) is 0 Å². The van der Waals surface area contributed by atoms with Crippen LogP contribution in [0.1, 0.15) is 43.4 Å². The second-order valence-electron chi connectivity index (χ2n) is 6.13. The average Bonchev–Trinajstić information content (AvgIpc) is 2.50. The first kappa shape index (κ1) is 16.8. The van der Waals surface area contributed by atoms with Crippen molar-refractivity contribution in [2.45, 2.75) is 37.6 Å². The monoisotopic (exact) mass is 350 g/mol. The molecule has 1 fully saturated rings. The maximum Gasteiger partial charge on any atom is 0.231 e. The summed E-state index contributed by atoms with van der Waals surface area (Å²) < 4.78 is 28.3. The number of nitrogens with zero attached hydrogens (tertiary/aromatic N) is 1. The molecule has 1 aliphatic carbocycles. The van der Waals surface area contributed by atoms with Gasteiger partial charge in [0.05, 0.1) is 22.7 Å². The van der Waals surface area contributed by atoms with Crippen LogP contribution in [-0.2, 0) is 10.2 Å². The highest BCUT2D eigenvalue weighted by atomic mass is 35.5. The molecule has 3 nitrogen and oxygen atoms in total. The molecule has 1 saturated carbocycles. The number of carbonyl (C=O) groups excluding carboxylic acids is 1. The molecule has 0 aliphatic heterocycles. The van der Waals surface area contributed by atoms with Crippen molar-refractivity contribution in [2.75, 3.05) is 0 Å². The van der Waals surface area contributed by atoms with Gasteiger partial charge in [0.1, 0.15) is 11.6 Å². The number of hydrogen-bond donors (Lipinski definition) is 1. The number of benzene rings is 1. The molecule has 2 aromatic rings. The van der Waals surface area contributed by atoms with Crippen LogP contribution in [-0.4, -0.2) is 10.9 Å². The molecule has 3 rings (SSSR count). The second-order valence-corrected chi connectivity index (χ2v) is 6.54. The van der Waals surface area contributed by atoms with Crippen molar-refractivity contribution in [2.24, 2.45) is 0 Å². The zero-order chi connectivity index (χ0) is 17.3. The van der Waals surface area contributed by atoms with Crippen molar-refractivity contribution >= 4 is 17.5 Å². The first-order valence-electron chi connectivity index (χ1n) is 7.80. The third kappa shape index (κ3) is 2.77. The largest absolute Gasteiger partial charge is 0.349 e. The summed E-state index contributed by atoms with van der Waals surface area (Å²) in [4.78, 5) is 16.5. The van der Waals surface area contributed by atoms with Gasteiger partial charge in [-0.1, -0.05) is 30.2 Å². The number of nitrogens with one attached hydrogen (secondary N) is 1. The van der Waals surface area contributed by atoms with Gasteiger partial charge in [-0.15, -0.1) is 0 Å². The molecule has 0 spiro atoms. The summed E-state index contributed by atoms with van der Waals surface area (Å²) in [6, 6.07) is 5.67. The van der Waals surface area contributed by atoms with Gasteiger partial charge >= 0.3 is 0 Å². The van der Waals surface area contributed by atoms with E-state index in [-0.39, 0.29) is 10.9 Å². The van der Waals surface area contributed by atoms with Gasteiger partial charge in [-0.25, -0.2) is 8.78 Å². The lowest BCUT2D eigenvalue weighted by molar-refractivity contribution is -0.130. The molecule has 1 atom stereocenters. The first-order chi connectivity index (χ1) is 11.5. The number of pyridine rings is 1. The van der Waals surface area contributed by atoms with E-state index >= 15 is 0 Å². The SMILES string of the molecule is CC(NC(=O)C1(c2cccc(Cl)c2F)CCC1)c1ccncc1F. The van der Waals surface area contributed by atoms with Gasteiger partial charge in [0.25, 0.3) is 0 Å². The van der Waals surface area contributed by atoms with Crippen LogP contribution in [0.4, 0.5) is 8.78 Å². The summed E-state index contributed by atoms with van der Waals surface area (Å²) in [6.07, 6.45) is 4.49. The lowest BCUT2D eigenvalue weighted by Crippen LogP contribution is -2.50. The van der Waals surface area contributed by atoms with Crippen LogP contribution in [0.2, 0.25) is 5.02 Å². The van der Waals surface area contributed by atoms with Crippen molar-refractivity contribution in [1.82, 2.24) is 10.3 Å². The zero-order valence-corrected chi connectivity index (χ0v) is 13.9. The molecule has 1 unspecified atom stereocenters. The van der Waals surface area contributed by atoms with E-state index in [0.29, 0.717) is 24.0 Å². The molecule has 1 aromatic carbocycles. The van der Waals surface area contributed by atoms with Crippen molar-refractivity contribution in [1.29, 1.82) is 0 Å². The Labute approximate surface area is 144 Å². The lowest BCUT2D eigenvalue weighted by Gasteiger charge is -2.41. The molecule has 1 aromatic heterocycles. The van der Waals surface area contributed by atoms with Crippen LogP contribution in [0.15, 0.2) is 36.7 Å². The van der Waals surface area contributed by atoms with E-state index in [0.717, 1.165) is 12.6 Å². The normalized spacial score (nSPS) is 17.0. The number of rotatable bonds is 4. The van der Waals surface area contributed by atoms with Crippen LogP contribution in [0.25, 0.3) is 0 Å². The van der Waals surface area contributed by atoms with Crippen molar-refractivity contribution in [3.05, 3.63) is 64.4 Å². The van der Waals surface area contributed by atoms with Crippen LogP contribution < -0.4 is 5.32 Å². The lowest BCUT2D eigenvalue weighted by atomic mass is 9.63. The predicted octanol–water partition coefficient (Wildman–Crippen LogP) is 4.31. The van der Waals surface area contributed by atoms with E-state index in [4.69, 9.17) is 11.6 Å². The van der Waals surface area contributed by atoms with E-state index < -0.39 is 23.1 Å². The van der Waals surface area contributed by atoms with Gasteiger partial charge in [-0.3, -0.25) is 9.78 Å². The topological polar surface area (TPSA) is 42.0 Å².